The van der Waals surface area contributed by atoms with Gasteiger partial charge < -0.3 is 20.1 Å². The van der Waals surface area contributed by atoms with Gasteiger partial charge in [-0.25, -0.2) is 0 Å². The highest BCUT2D eigenvalue weighted by atomic mass is 16.5. The number of hydrogen-bond donors (Lipinski definition) is 2. The summed E-state index contributed by atoms with van der Waals surface area (Å²) < 4.78 is 5.18. The molecule has 0 saturated carbocycles. The number of rotatable bonds is 7. The number of likely N-dealkylation sites (N-methyl/N-ethyl adjacent to an activating group) is 1. The van der Waals surface area contributed by atoms with E-state index < -0.39 is 6.10 Å². The molecule has 0 spiro atoms. The van der Waals surface area contributed by atoms with Gasteiger partial charge in [0.1, 0.15) is 5.75 Å². The molecule has 1 aromatic rings. The maximum absolute atomic E-state index is 12.2. The molecule has 1 aliphatic heterocycles. The van der Waals surface area contributed by atoms with Crippen LogP contribution in [0.5, 0.6) is 5.75 Å². The summed E-state index contributed by atoms with van der Waals surface area (Å²) in [4.78, 5) is 27.4. The van der Waals surface area contributed by atoms with E-state index in [-0.39, 0.29) is 17.9 Å². The van der Waals surface area contributed by atoms with Gasteiger partial charge in [0.25, 0.3) is 0 Å². The predicted octanol–water partition coefficient (Wildman–Crippen LogP) is 0.267. The van der Waals surface area contributed by atoms with E-state index in [4.69, 9.17) is 4.74 Å². The van der Waals surface area contributed by atoms with Crippen LogP contribution < -0.4 is 10.1 Å². The summed E-state index contributed by atoms with van der Waals surface area (Å²) in [5.41, 5.74) is 1.04. The lowest BCUT2D eigenvalue weighted by atomic mass is 10.0. The van der Waals surface area contributed by atoms with Crippen LogP contribution in [0.3, 0.4) is 0 Å². The number of hydrogen-bond acceptors (Lipinski definition) is 5. The van der Waals surface area contributed by atoms with Crippen LogP contribution in [0.1, 0.15) is 18.4 Å². The van der Waals surface area contributed by atoms with E-state index in [9.17, 15) is 14.7 Å². The Balaban J connectivity index is 1.76. The molecular formula is C19H29N3O4. The number of aliphatic hydroxyl groups is 1. The molecule has 1 fully saturated rings. The van der Waals surface area contributed by atoms with Crippen molar-refractivity contribution < 1.29 is 19.4 Å². The lowest BCUT2D eigenvalue weighted by Gasteiger charge is -2.36. The number of carbonyl (C=O) groups excluding carboxylic acids is 2. The topological polar surface area (TPSA) is 82.1 Å². The Bertz CT molecular complexity index is 621. The van der Waals surface area contributed by atoms with Crippen LogP contribution in [0.25, 0.3) is 0 Å². The fourth-order valence-electron chi connectivity index (χ4n) is 3.01. The minimum atomic E-state index is -0.667. The van der Waals surface area contributed by atoms with Crippen LogP contribution in [-0.4, -0.2) is 79.7 Å². The van der Waals surface area contributed by atoms with Crippen LogP contribution in [-0.2, 0) is 16.0 Å². The average molecular weight is 363 g/mol. The van der Waals surface area contributed by atoms with E-state index in [1.165, 1.54) is 0 Å². The van der Waals surface area contributed by atoms with Gasteiger partial charge >= 0.3 is 0 Å². The third-order valence-electron chi connectivity index (χ3n) is 4.64. The second-order valence-electron chi connectivity index (χ2n) is 6.90. The Kier molecular flexibility index (Phi) is 7.41. The standard InChI is InChI=1S/C19H29N3O4/c1-21(2)19(25)13-22-10-9-16(17(23)12-22)20-18(24)8-7-14-5-4-6-15(11-14)26-3/h4-6,11,16-17,23H,7-10,12-13H2,1-3H3,(H,20,24)/t16-,17-/m1/s1. The second kappa shape index (κ2) is 9.54. The Morgan fingerprint density at radius 2 is 2.15 bits per heavy atom. The molecule has 2 amide bonds. The zero-order chi connectivity index (χ0) is 19.1. The summed E-state index contributed by atoms with van der Waals surface area (Å²) in [6.45, 7) is 1.36. The number of β-amino-alcohol motifs (C(OH)–C–C–N with tert-alkyl or cyclic N) is 1. The molecule has 2 N–H and O–H groups in total. The van der Waals surface area contributed by atoms with Gasteiger partial charge in [-0.3, -0.25) is 14.5 Å². The monoisotopic (exact) mass is 363 g/mol. The van der Waals surface area contributed by atoms with Crippen LogP contribution in [0.2, 0.25) is 0 Å². The van der Waals surface area contributed by atoms with Crippen molar-refractivity contribution in [3.8, 4) is 5.75 Å². The summed E-state index contributed by atoms with van der Waals surface area (Å²) in [5, 5.41) is 13.2. The molecule has 0 aromatic heterocycles. The van der Waals surface area contributed by atoms with E-state index in [1.807, 2.05) is 29.2 Å². The fraction of sp³-hybridized carbons (Fsp3) is 0.579. The number of methoxy groups -OCH3 is 1. The molecule has 0 aliphatic carbocycles. The summed E-state index contributed by atoms with van der Waals surface area (Å²) in [6.07, 6.45) is 0.945. The summed E-state index contributed by atoms with van der Waals surface area (Å²) in [5.74, 6) is 0.714. The highest BCUT2D eigenvalue weighted by Crippen LogP contribution is 2.15. The molecule has 0 radical (unpaired) electrons. The maximum Gasteiger partial charge on any atom is 0.236 e. The Morgan fingerprint density at radius 3 is 2.81 bits per heavy atom. The number of ether oxygens (including phenoxy) is 1. The molecule has 1 saturated heterocycles. The zero-order valence-electron chi connectivity index (χ0n) is 15.8. The molecule has 1 heterocycles. The van der Waals surface area contributed by atoms with Crippen molar-refractivity contribution in [2.75, 3.05) is 40.8 Å². The average Bonchev–Trinajstić information content (AvgIpc) is 2.62. The first-order valence-corrected chi connectivity index (χ1v) is 8.92. The first kappa shape index (κ1) is 20.2. The summed E-state index contributed by atoms with van der Waals surface area (Å²) in [7, 11) is 5.05. The molecule has 2 rings (SSSR count). The van der Waals surface area contributed by atoms with Crippen LogP contribution in [0.15, 0.2) is 24.3 Å². The number of aliphatic hydroxyl groups excluding tert-OH is 1. The molecule has 0 bridgehead atoms. The molecule has 7 heteroatoms. The van der Waals surface area contributed by atoms with Gasteiger partial charge in [0.05, 0.1) is 25.8 Å². The van der Waals surface area contributed by atoms with Gasteiger partial charge in [0, 0.05) is 33.6 Å². The normalized spacial score (nSPS) is 20.5. The van der Waals surface area contributed by atoms with Gasteiger partial charge in [-0.05, 0) is 30.5 Å². The van der Waals surface area contributed by atoms with Crippen molar-refractivity contribution in [2.24, 2.45) is 0 Å². The molecule has 7 nitrogen and oxygen atoms in total. The fourth-order valence-corrected chi connectivity index (χ4v) is 3.01. The van der Waals surface area contributed by atoms with Crippen molar-refractivity contribution in [1.82, 2.24) is 15.1 Å². The predicted molar refractivity (Wildman–Crippen MR) is 99.0 cm³/mol. The summed E-state index contributed by atoms with van der Waals surface area (Å²) in [6, 6.07) is 7.39. The van der Waals surface area contributed by atoms with Gasteiger partial charge in [-0.1, -0.05) is 12.1 Å². The molecule has 26 heavy (non-hydrogen) atoms. The van der Waals surface area contributed by atoms with Crippen molar-refractivity contribution in [2.45, 2.75) is 31.4 Å². The minimum Gasteiger partial charge on any atom is -0.497 e. The third kappa shape index (κ3) is 6.00. The largest absolute Gasteiger partial charge is 0.497 e. The number of nitrogens with one attached hydrogen (secondary N) is 1. The van der Waals surface area contributed by atoms with E-state index >= 15 is 0 Å². The van der Waals surface area contributed by atoms with E-state index in [1.54, 1.807) is 26.1 Å². The number of amides is 2. The van der Waals surface area contributed by atoms with Crippen molar-refractivity contribution in [1.29, 1.82) is 0 Å². The number of aryl methyl sites for hydroxylation is 1. The highest BCUT2D eigenvalue weighted by Gasteiger charge is 2.29. The number of likely N-dealkylation sites (tertiary alicyclic amines) is 1. The number of carbonyl (C=O) groups is 2. The molecule has 2 atom stereocenters. The quantitative estimate of drug-likeness (QED) is 0.727. The highest BCUT2D eigenvalue weighted by molar-refractivity contribution is 5.78. The van der Waals surface area contributed by atoms with Crippen molar-refractivity contribution in [3.05, 3.63) is 29.8 Å². The number of benzene rings is 1. The van der Waals surface area contributed by atoms with Gasteiger partial charge in [-0.15, -0.1) is 0 Å². The van der Waals surface area contributed by atoms with Crippen molar-refractivity contribution in [3.63, 3.8) is 0 Å². The Morgan fingerprint density at radius 1 is 1.38 bits per heavy atom. The SMILES string of the molecule is COc1cccc(CCC(=O)N[C@@H]2CCN(CC(=O)N(C)C)C[C@H]2O)c1. The van der Waals surface area contributed by atoms with Crippen LogP contribution >= 0.6 is 0 Å². The Labute approximate surface area is 154 Å². The maximum atomic E-state index is 12.2. The Hall–Kier alpha value is -2.12. The van der Waals surface area contributed by atoms with Crippen LogP contribution in [0.4, 0.5) is 0 Å². The van der Waals surface area contributed by atoms with Crippen molar-refractivity contribution >= 4 is 11.8 Å². The van der Waals surface area contributed by atoms with Gasteiger partial charge in [0.2, 0.25) is 11.8 Å². The smallest absolute Gasteiger partial charge is 0.236 e. The summed E-state index contributed by atoms with van der Waals surface area (Å²) >= 11 is 0. The molecule has 0 unspecified atom stereocenters. The number of piperidine rings is 1. The van der Waals surface area contributed by atoms with Gasteiger partial charge in [0.15, 0.2) is 0 Å². The third-order valence-corrected chi connectivity index (χ3v) is 4.64. The molecule has 1 aliphatic rings. The van der Waals surface area contributed by atoms with Gasteiger partial charge in [-0.2, -0.15) is 0 Å². The lowest BCUT2D eigenvalue weighted by molar-refractivity contribution is -0.131. The molecular weight excluding hydrogens is 334 g/mol. The minimum absolute atomic E-state index is 0.0120. The van der Waals surface area contributed by atoms with Crippen LogP contribution in [0, 0.1) is 0 Å². The van der Waals surface area contributed by atoms with E-state index in [0.717, 1.165) is 11.3 Å². The van der Waals surface area contributed by atoms with E-state index in [0.29, 0.717) is 38.9 Å². The second-order valence-corrected chi connectivity index (χ2v) is 6.90. The lowest BCUT2D eigenvalue weighted by Crippen LogP contribution is -2.55. The zero-order valence-corrected chi connectivity index (χ0v) is 15.8. The number of nitrogens with zero attached hydrogens (tertiary/aromatic N) is 2. The first-order chi connectivity index (χ1) is 12.4. The first-order valence-electron chi connectivity index (χ1n) is 8.92. The molecule has 144 valence electrons. The van der Waals surface area contributed by atoms with E-state index in [2.05, 4.69) is 5.32 Å². The molecule has 1 aromatic carbocycles.